The Bertz CT molecular complexity index is 774. The van der Waals surface area contributed by atoms with E-state index in [4.69, 9.17) is 0 Å². The summed E-state index contributed by atoms with van der Waals surface area (Å²) in [6, 6.07) is 17.7. The fourth-order valence-electron chi connectivity index (χ4n) is 3.63. The molecule has 2 amide bonds. The van der Waals surface area contributed by atoms with Gasteiger partial charge < -0.3 is 15.1 Å². The topological polar surface area (TPSA) is 52.7 Å². The Labute approximate surface area is 167 Å². The summed E-state index contributed by atoms with van der Waals surface area (Å²) < 4.78 is 0. The molecule has 0 aliphatic carbocycles. The van der Waals surface area contributed by atoms with Gasteiger partial charge in [-0.25, -0.2) is 0 Å². The molecule has 148 valence electrons. The molecule has 0 spiro atoms. The zero-order valence-corrected chi connectivity index (χ0v) is 16.6. The smallest absolute Gasteiger partial charge is 0.253 e. The molecule has 3 rings (SSSR count). The van der Waals surface area contributed by atoms with Crippen LogP contribution >= 0.6 is 0 Å². The van der Waals surface area contributed by atoms with Crippen LogP contribution in [0.15, 0.2) is 54.6 Å². The lowest BCUT2D eigenvalue weighted by molar-refractivity contribution is -0.114. The number of hydrogen-bond acceptors (Lipinski definition) is 3. The molecule has 2 aromatic rings. The van der Waals surface area contributed by atoms with E-state index in [9.17, 15) is 9.59 Å². The summed E-state index contributed by atoms with van der Waals surface area (Å²) in [5.41, 5.74) is 2.77. The maximum absolute atomic E-state index is 12.8. The van der Waals surface area contributed by atoms with Gasteiger partial charge in [0.15, 0.2) is 0 Å². The number of nitrogens with zero attached hydrogens (tertiary/aromatic N) is 2. The molecule has 1 aliphatic heterocycles. The molecule has 1 N–H and O–H groups in total. The van der Waals surface area contributed by atoms with Gasteiger partial charge in [-0.05, 0) is 62.2 Å². The normalized spacial score (nSPS) is 15.1. The van der Waals surface area contributed by atoms with E-state index in [1.807, 2.05) is 4.90 Å². The third kappa shape index (κ3) is 5.92. The summed E-state index contributed by atoms with van der Waals surface area (Å²) in [6.07, 6.45) is 3.24. The summed E-state index contributed by atoms with van der Waals surface area (Å²) in [5.74, 6) is -0.0422. The van der Waals surface area contributed by atoms with E-state index in [1.165, 1.54) is 12.5 Å². The minimum absolute atomic E-state index is 0.0699. The van der Waals surface area contributed by atoms with Crippen LogP contribution in [0.25, 0.3) is 0 Å². The summed E-state index contributed by atoms with van der Waals surface area (Å²) in [6.45, 7) is 6.06. The van der Waals surface area contributed by atoms with Gasteiger partial charge in [0, 0.05) is 37.8 Å². The molecular formula is C23H29N3O2. The first-order chi connectivity index (χ1) is 13.6. The fraction of sp³-hybridized carbons (Fsp3) is 0.391. The average molecular weight is 380 g/mol. The summed E-state index contributed by atoms with van der Waals surface area (Å²) in [7, 11) is 0. The number of carbonyl (C=O) groups excluding carboxylic acids is 2. The highest BCUT2D eigenvalue weighted by Gasteiger charge is 2.20. The lowest BCUT2D eigenvalue weighted by atomic mass is 10.1. The van der Waals surface area contributed by atoms with Crippen molar-refractivity contribution in [2.45, 2.75) is 26.2 Å². The Morgan fingerprint density at radius 1 is 0.929 bits per heavy atom. The maximum atomic E-state index is 12.8. The highest BCUT2D eigenvalue weighted by molar-refractivity contribution is 5.95. The van der Waals surface area contributed by atoms with Crippen molar-refractivity contribution in [1.82, 2.24) is 9.80 Å². The Morgan fingerprint density at radius 3 is 2.39 bits per heavy atom. The van der Waals surface area contributed by atoms with Gasteiger partial charge in [-0.1, -0.05) is 30.3 Å². The molecular weight excluding hydrogens is 350 g/mol. The van der Waals surface area contributed by atoms with Crippen molar-refractivity contribution in [2.24, 2.45) is 0 Å². The van der Waals surface area contributed by atoms with E-state index in [-0.39, 0.29) is 11.8 Å². The second kappa shape index (κ2) is 10.0. The molecule has 0 bridgehead atoms. The molecule has 1 saturated heterocycles. The SMILES string of the molecule is CC(=O)Nc1ccc(C(=O)N2CCCN(CCCc3ccccc3)CC2)cc1. The monoisotopic (exact) mass is 379 g/mol. The highest BCUT2D eigenvalue weighted by Crippen LogP contribution is 2.14. The third-order valence-electron chi connectivity index (χ3n) is 5.11. The summed E-state index contributed by atoms with van der Waals surface area (Å²) >= 11 is 0. The Kier molecular flexibility index (Phi) is 7.20. The van der Waals surface area contributed by atoms with E-state index in [2.05, 4.69) is 40.5 Å². The van der Waals surface area contributed by atoms with E-state index >= 15 is 0 Å². The van der Waals surface area contributed by atoms with E-state index in [1.54, 1.807) is 24.3 Å². The molecule has 0 radical (unpaired) electrons. The number of anilines is 1. The van der Waals surface area contributed by atoms with Gasteiger partial charge in [0.05, 0.1) is 0 Å². The quantitative estimate of drug-likeness (QED) is 0.837. The number of aryl methyl sites for hydroxylation is 1. The number of nitrogens with one attached hydrogen (secondary N) is 1. The number of amides is 2. The van der Waals surface area contributed by atoms with Crippen molar-refractivity contribution in [3.05, 3.63) is 65.7 Å². The van der Waals surface area contributed by atoms with Crippen LogP contribution < -0.4 is 5.32 Å². The zero-order valence-electron chi connectivity index (χ0n) is 16.6. The molecule has 5 nitrogen and oxygen atoms in total. The van der Waals surface area contributed by atoms with Gasteiger partial charge in [-0.3, -0.25) is 9.59 Å². The minimum Gasteiger partial charge on any atom is -0.337 e. The van der Waals surface area contributed by atoms with Crippen LogP contribution in [-0.4, -0.2) is 54.3 Å². The first kappa shape index (κ1) is 20.1. The lowest BCUT2D eigenvalue weighted by Gasteiger charge is -2.22. The number of hydrogen-bond donors (Lipinski definition) is 1. The van der Waals surface area contributed by atoms with Crippen LogP contribution in [-0.2, 0) is 11.2 Å². The zero-order chi connectivity index (χ0) is 19.8. The molecule has 0 saturated carbocycles. The Hall–Kier alpha value is -2.66. The van der Waals surface area contributed by atoms with Crippen LogP contribution in [0, 0.1) is 0 Å². The first-order valence-electron chi connectivity index (χ1n) is 10.0. The largest absolute Gasteiger partial charge is 0.337 e. The molecule has 5 heteroatoms. The van der Waals surface area contributed by atoms with Crippen molar-refractivity contribution < 1.29 is 9.59 Å². The van der Waals surface area contributed by atoms with Crippen molar-refractivity contribution >= 4 is 17.5 Å². The van der Waals surface area contributed by atoms with E-state index < -0.39 is 0 Å². The third-order valence-corrected chi connectivity index (χ3v) is 5.11. The average Bonchev–Trinajstić information content (AvgIpc) is 2.94. The van der Waals surface area contributed by atoms with Gasteiger partial charge in [0.2, 0.25) is 5.91 Å². The van der Waals surface area contributed by atoms with Crippen molar-refractivity contribution in [2.75, 3.05) is 38.0 Å². The predicted octanol–water partition coefficient (Wildman–Crippen LogP) is 3.43. The Morgan fingerprint density at radius 2 is 1.68 bits per heavy atom. The summed E-state index contributed by atoms with van der Waals surface area (Å²) in [5, 5.41) is 2.73. The lowest BCUT2D eigenvalue weighted by Crippen LogP contribution is -2.35. The van der Waals surface area contributed by atoms with E-state index in [0.717, 1.165) is 52.0 Å². The molecule has 1 heterocycles. The molecule has 0 atom stereocenters. The van der Waals surface area contributed by atoms with Crippen LogP contribution in [0.1, 0.15) is 35.7 Å². The maximum Gasteiger partial charge on any atom is 0.253 e. The van der Waals surface area contributed by atoms with Gasteiger partial charge >= 0.3 is 0 Å². The van der Waals surface area contributed by atoms with Crippen molar-refractivity contribution in [3.8, 4) is 0 Å². The van der Waals surface area contributed by atoms with Gasteiger partial charge in [0.25, 0.3) is 5.91 Å². The molecule has 2 aromatic carbocycles. The number of benzene rings is 2. The van der Waals surface area contributed by atoms with E-state index in [0.29, 0.717) is 11.3 Å². The second-order valence-corrected chi connectivity index (χ2v) is 7.34. The fourth-order valence-corrected chi connectivity index (χ4v) is 3.63. The molecule has 1 fully saturated rings. The molecule has 28 heavy (non-hydrogen) atoms. The second-order valence-electron chi connectivity index (χ2n) is 7.34. The predicted molar refractivity (Wildman–Crippen MR) is 112 cm³/mol. The number of rotatable bonds is 6. The minimum atomic E-state index is -0.112. The van der Waals surface area contributed by atoms with Crippen LogP contribution in [0.2, 0.25) is 0 Å². The van der Waals surface area contributed by atoms with Crippen molar-refractivity contribution in [3.63, 3.8) is 0 Å². The van der Waals surface area contributed by atoms with Crippen LogP contribution in [0.5, 0.6) is 0 Å². The van der Waals surface area contributed by atoms with Gasteiger partial charge in [-0.15, -0.1) is 0 Å². The van der Waals surface area contributed by atoms with Crippen LogP contribution in [0.3, 0.4) is 0 Å². The molecule has 0 aromatic heterocycles. The summed E-state index contributed by atoms with van der Waals surface area (Å²) in [4.78, 5) is 28.3. The first-order valence-corrected chi connectivity index (χ1v) is 10.0. The Balaban J connectivity index is 1.47. The highest BCUT2D eigenvalue weighted by atomic mass is 16.2. The van der Waals surface area contributed by atoms with Gasteiger partial charge in [-0.2, -0.15) is 0 Å². The number of carbonyl (C=O) groups is 2. The van der Waals surface area contributed by atoms with Gasteiger partial charge in [0.1, 0.15) is 0 Å². The standard InChI is InChI=1S/C23H29N3O2/c1-19(27)24-22-12-10-21(11-13-22)23(28)26-16-6-15-25(17-18-26)14-5-9-20-7-3-2-4-8-20/h2-4,7-8,10-13H,5-6,9,14-18H2,1H3,(H,24,27). The molecule has 0 unspecified atom stereocenters. The van der Waals surface area contributed by atoms with Crippen LogP contribution in [0.4, 0.5) is 5.69 Å². The molecule has 1 aliphatic rings. The van der Waals surface area contributed by atoms with Crippen molar-refractivity contribution in [1.29, 1.82) is 0 Å².